The molecule has 1 aromatic rings. The molecule has 3 nitrogen and oxygen atoms in total. The molecule has 17 heavy (non-hydrogen) atoms. The molecule has 3 heteroatoms. The number of para-hydroxylation sites is 1. The van der Waals surface area contributed by atoms with Gasteiger partial charge in [-0.2, -0.15) is 0 Å². The van der Waals surface area contributed by atoms with Crippen molar-refractivity contribution in [3.8, 4) is 5.75 Å². The molecule has 2 unspecified atom stereocenters. The Morgan fingerprint density at radius 2 is 1.88 bits per heavy atom. The molecule has 0 aliphatic carbocycles. The summed E-state index contributed by atoms with van der Waals surface area (Å²) in [6.45, 7) is 5.21. The number of hydrazine groups is 1. The minimum Gasteiger partial charge on any atom is -0.508 e. The number of phenols is 1. The number of hydrogen-bond donors (Lipinski definition) is 2. The molecule has 0 bridgehead atoms. The molecule has 94 valence electrons. The van der Waals surface area contributed by atoms with Gasteiger partial charge in [-0.25, -0.2) is 5.01 Å². The predicted molar refractivity (Wildman–Crippen MR) is 69.6 cm³/mol. The van der Waals surface area contributed by atoms with E-state index in [1.165, 1.54) is 19.3 Å². The van der Waals surface area contributed by atoms with Crippen LogP contribution >= 0.6 is 0 Å². The number of benzene rings is 1. The van der Waals surface area contributed by atoms with Gasteiger partial charge >= 0.3 is 0 Å². The van der Waals surface area contributed by atoms with E-state index in [4.69, 9.17) is 0 Å². The van der Waals surface area contributed by atoms with Crippen LogP contribution in [-0.2, 0) is 6.54 Å². The Bertz CT molecular complexity index is 357. The van der Waals surface area contributed by atoms with Crippen LogP contribution in [0.25, 0.3) is 0 Å². The van der Waals surface area contributed by atoms with Crippen LogP contribution in [0.15, 0.2) is 24.3 Å². The van der Waals surface area contributed by atoms with Gasteiger partial charge in [0.05, 0.1) is 0 Å². The van der Waals surface area contributed by atoms with E-state index >= 15 is 0 Å². The van der Waals surface area contributed by atoms with Crippen LogP contribution in [0.4, 0.5) is 0 Å². The third-order valence-electron chi connectivity index (χ3n) is 3.64. The van der Waals surface area contributed by atoms with Crippen LogP contribution in [0.5, 0.6) is 5.75 Å². The van der Waals surface area contributed by atoms with Crippen LogP contribution < -0.4 is 5.43 Å². The number of aromatic hydroxyl groups is 1. The van der Waals surface area contributed by atoms with E-state index in [9.17, 15) is 5.11 Å². The Labute approximate surface area is 103 Å². The number of rotatable bonds is 3. The average molecular weight is 234 g/mol. The smallest absolute Gasteiger partial charge is 0.120 e. The van der Waals surface area contributed by atoms with E-state index in [1.807, 2.05) is 18.2 Å². The van der Waals surface area contributed by atoms with Gasteiger partial charge in [-0.15, -0.1) is 0 Å². The zero-order chi connectivity index (χ0) is 12.3. The van der Waals surface area contributed by atoms with Gasteiger partial charge in [-0.3, -0.25) is 5.43 Å². The molecule has 0 aromatic heterocycles. The van der Waals surface area contributed by atoms with E-state index in [1.54, 1.807) is 6.07 Å². The van der Waals surface area contributed by atoms with Crippen molar-refractivity contribution in [1.29, 1.82) is 0 Å². The molecule has 2 N–H and O–H groups in total. The van der Waals surface area contributed by atoms with Crippen LogP contribution in [0.3, 0.4) is 0 Å². The molecule has 1 aliphatic heterocycles. The SMILES string of the molecule is CC1CCCC(C)N1NCc1ccccc1O. The quantitative estimate of drug-likeness (QED) is 0.844. The monoisotopic (exact) mass is 234 g/mol. The van der Waals surface area contributed by atoms with Gasteiger partial charge in [-0.05, 0) is 32.8 Å². The number of hydrogen-bond acceptors (Lipinski definition) is 3. The van der Waals surface area contributed by atoms with Gasteiger partial charge in [0, 0.05) is 24.2 Å². The van der Waals surface area contributed by atoms with Gasteiger partial charge in [-0.1, -0.05) is 24.6 Å². The Morgan fingerprint density at radius 1 is 1.24 bits per heavy atom. The Morgan fingerprint density at radius 3 is 2.53 bits per heavy atom. The lowest BCUT2D eigenvalue weighted by Crippen LogP contribution is -2.51. The fourth-order valence-corrected chi connectivity index (χ4v) is 2.57. The molecule has 1 aliphatic rings. The summed E-state index contributed by atoms with van der Waals surface area (Å²) in [6.07, 6.45) is 3.81. The molecular formula is C14H22N2O. The first-order chi connectivity index (χ1) is 8.18. The summed E-state index contributed by atoms with van der Waals surface area (Å²) in [7, 11) is 0. The van der Waals surface area contributed by atoms with Crippen molar-refractivity contribution in [2.75, 3.05) is 0 Å². The second-order valence-corrected chi connectivity index (χ2v) is 5.00. The summed E-state index contributed by atoms with van der Waals surface area (Å²) >= 11 is 0. The summed E-state index contributed by atoms with van der Waals surface area (Å²) in [5.74, 6) is 0.373. The van der Waals surface area contributed by atoms with Crippen LogP contribution in [-0.4, -0.2) is 22.2 Å². The summed E-state index contributed by atoms with van der Waals surface area (Å²) < 4.78 is 0. The third kappa shape index (κ3) is 2.99. The van der Waals surface area contributed by atoms with Crippen molar-refractivity contribution in [2.24, 2.45) is 0 Å². The minimum atomic E-state index is 0.373. The van der Waals surface area contributed by atoms with Gasteiger partial charge in [0.15, 0.2) is 0 Å². The Kier molecular flexibility index (Phi) is 4.02. The molecule has 0 amide bonds. The lowest BCUT2D eigenvalue weighted by atomic mass is 10.00. The predicted octanol–water partition coefficient (Wildman–Crippen LogP) is 2.66. The number of nitrogens with zero attached hydrogens (tertiary/aromatic N) is 1. The first-order valence-electron chi connectivity index (χ1n) is 6.47. The molecule has 1 heterocycles. The van der Waals surface area contributed by atoms with Gasteiger partial charge in [0.2, 0.25) is 0 Å². The van der Waals surface area contributed by atoms with Gasteiger partial charge in [0.25, 0.3) is 0 Å². The van der Waals surface area contributed by atoms with E-state index in [2.05, 4.69) is 24.3 Å². The fourth-order valence-electron chi connectivity index (χ4n) is 2.57. The highest BCUT2D eigenvalue weighted by Crippen LogP contribution is 2.21. The zero-order valence-electron chi connectivity index (χ0n) is 10.7. The first-order valence-corrected chi connectivity index (χ1v) is 6.47. The first kappa shape index (κ1) is 12.4. The number of phenolic OH excluding ortho intramolecular Hbond substituents is 1. The summed E-state index contributed by atoms with van der Waals surface area (Å²) in [4.78, 5) is 0. The Hall–Kier alpha value is -1.06. The maximum absolute atomic E-state index is 9.71. The highest BCUT2D eigenvalue weighted by atomic mass is 16.3. The van der Waals surface area contributed by atoms with Crippen molar-refractivity contribution >= 4 is 0 Å². The molecule has 1 saturated heterocycles. The molecule has 0 saturated carbocycles. The molecule has 0 radical (unpaired) electrons. The van der Waals surface area contributed by atoms with E-state index in [0.29, 0.717) is 24.4 Å². The van der Waals surface area contributed by atoms with E-state index in [0.717, 1.165) is 5.56 Å². The van der Waals surface area contributed by atoms with E-state index < -0.39 is 0 Å². The van der Waals surface area contributed by atoms with Crippen molar-refractivity contribution in [3.05, 3.63) is 29.8 Å². The van der Waals surface area contributed by atoms with Gasteiger partial charge in [0.1, 0.15) is 5.75 Å². The highest BCUT2D eigenvalue weighted by Gasteiger charge is 2.24. The molecular weight excluding hydrogens is 212 g/mol. The van der Waals surface area contributed by atoms with Crippen LogP contribution in [0.1, 0.15) is 38.7 Å². The number of nitrogens with one attached hydrogen (secondary N) is 1. The summed E-state index contributed by atoms with van der Waals surface area (Å²) in [6, 6.07) is 8.65. The normalized spacial score (nSPS) is 26.0. The van der Waals surface area contributed by atoms with Crippen molar-refractivity contribution in [2.45, 2.75) is 51.7 Å². The molecule has 1 aromatic carbocycles. The molecule has 2 rings (SSSR count). The maximum Gasteiger partial charge on any atom is 0.120 e. The molecule has 1 fully saturated rings. The Balaban J connectivity index is 1.95. The van der Waals surface area contributed by atoms with Gasteiger partial charge < -0.3 is 5.11 Å². The number of piperidine rings is 1. The van der Waals surface area contributed by atoms with Crippen molar-refractivity contribution in [3.63, 3.8) is 0 Å². The summed E-state index contributed by atoms with van der Waals surface area (Å²) in [5, 5.41) is 12.0. The van der Waals surface area contributed by atoms with Crippen LogP contribution in [0, 0.1) is 0 Å². The van der Waals surface area contributed by atoms with E-state index in [-0.39, 0.29) is 0 Å². The summed E-state index contributed by atoms with van der Waals surface area (Å²) in [5.41, 5.74) is 4.41. The van der Waals surface area contributed by atoms with Crippen molar-refractivity contribution in [1.82, 2.24) is 10.4 Å². The lowest BCUT2D eigenvalue weighted by molar-refractivity contribution is 0.0433. The molecule has 0 spiro atoms. The lowest BCUT2D eigenvalue weighted by Gasteiger charge is -2.39. The minimum absolute atomic E-state index is 0.373. The second-order valence-electron chi connectivity index (χ2n) is 5.00. The maximum atomic E-state index is 9.71. The highest BCUT2D eigenvalue weighted by molar-refractivity contribution is 5.31. The zero-order valence-corrected chi connectivity index (χ0v) is 10.7. The standard InChI is InChI=1S/C14H22N2O/c1-11-6-5-7-12(2)16(11)15-10-13-8-3-4-9-14(13)17/h3-4,8-9,11-12,15,17H,5-7,10H2,1-2H3. The second kappa shape index (κ2) is 5.52. The molecule has 2 atom stereocenters. The van der Waals surface area contributed by atoms with Crippen molar-refractivity contribution < 1.29 is 5.11 Å². The largest absolute Gasteiger partial charge is 0.508 e. The fraction of sp³-hybridized carbons (Fsp3) is 0.571. The topological polar surface area (TPSA) is 35.5 Å². The third-order valence-corrected chi connectivity index (χ3v) is 3.64. The van der Waals surface area contributed by atoms with Crippen LogP contribution in [0.2, 0.25) is 0 Å². The average Bonchev–Trinajstić information content (AvgIpc) is 2.30.